The first-order valence-corrected chi connectivity index (χ1v) is 6.69. The van der Waals surface area contributed by atoms with E-state index in [0.717, 1.165) is 0 Å². The molecule has 0 spiro atoms. The highest BCUT2D eigenvalue weighted by Gasteiger charge is 2.16. The number of aromatic nitrogens is 3. The van der Waals surface area contributed by atoms with Gasteiger partial charge in [0.1, 0.15) is 5.69 Å². The molecule has 0 saturated heterocycles. The lowest BCUT2D eigenvalue weighted by atomic mass is 10.2. The number of hydrogen-bond donors (Lipinski definition) is 1. The third kappa shape index (κ3) is 3.67. The highest BCUT2D eigenvalue weighted by molar-refractivity contribution is 6.35. The maximum atomic E-state index is 6.06. The van der Waals surface area contributed by atoms with Gasteiger partial charge < -0.3 is 14.6 Å². The summed E-state index contributed by atoms with van der Waals surface area (Å²) in [6.45, 7) is 0.550. The maximum Gasteiger partial charge on any atom is 0.228 e. The van der Waals surface area contributed by atoms with Gasteiger partial charge in [-0.2, -0.15) is 4.98 Å². The fourth-order valence-corrected chi connectivity index (χ4v) is 2.13. The summed E-state index contributed by atoms with van der Waals surface area (Å²) in [7, 11) is 3.49. The topological polar surface area (TPSA) is 73.1 Å². The molecule has 1 atom stereocenters. The van der Waals surface area contributed by atoms with Gasteiger partial charge >= 0.3 is 0 Å². The first kappa shape index (κ1) is 15.2. The molecule has 8 heteroatoms. The summed E-state index contributed by atoms with van der Waals surface area (Å²) in [6.07, 6.45) is 2.04. The Balaban J connectivity index is 2.16. The molecule has 108 valence electrons. The molecule has 0 aliphatic carbocycles. The van der Waals surface area contributed by atoms with Gasteiger partial charge in [0.25, 0.3) is 0 Å². The van der Waals surface area contributed by atoms with Crippen molar-refractivity contribution in [3.63, 3.8) is 0 Å². The van der Waals surface area contributed by atoms with Crippen LogP contribution in [0.2, 0.25) is 10.0 Å². The van der Waals surface area contributed by atoms with Crippen molar-refractivity contribution in [2.24, 2.45) is 0 Å². The summed E-state index contributed by atoms with van der Waals surface area (Å²) in [5.41, 5.74) is 0.443. The highest BCUT2D eigenvalue weighted by Crippen LogP contribution is 2.25. The molecule has 1 unspecified atom stereocenters. The van der Waals surface area contributed by atoms with Gasteiger partial charge in [-0.15, -0.1) is 0 Å². The zero-order chi connectivity index (χ0) is 14.5. The lowest BCUT2D eigenvalue weighted by molar-refractivity contribution is 0.165. The first-order valence-electron chi connectivity index (χ1n) is 5.94. The highest BCUT2D eigenvalue weighted by atomic mass is 35.5. The molecule has 0 aliphatic rings. The van der Waals surface area contributed by atoms with Crippen LogP contribution < -0.4 is 5.32 Å². The van der Waals surface area contributed by atoms with E-state index >= 15 is 0 Å². The molecule has 2 rings (SSSR count). The Labute approximate surface area is 126 Å². The Morgan fingerprint density at radius 1 is 1.45 bits per heavy atom. The van der Waals surface area contributed by atoms with Crippen LogP contribution in [0.3, 0.4) is 0 Å². The second kappa shape index (κ2) is 6.99. The maximum absolute atomic E-state index is 6.06. The van der Waals surface area contributed by atoms with Gasteiger partial charge in [0.2, 0.25) is 11.7 Å². The molecule has 0 saturated carbocycles. The average molecular weight is 317 g/mol. The van der Waals surface area contributed by atoms with Gasteiger partial charge in [0.05, 0.1) is 16.7 Å². The minimum absolute atomic E-state index is 0.0990. The fourth-order valence-electron chi connectivity index (χ4n) is 1.67. The lowest BCUT2D eigenvalue weighted by Gasteiger charge is -2.11. The molecular formula is C12H14Cl2N4O2. The van der Waals surface area contributed by atoms with Crippen LogP contribution in [0.4, 0.5) is 0 Å². The van der Waals surface area contributed by atoms with E-state index in [-0.39, 0.29) is 6.04 Å². The number of ether oxygens (including phenoxy) is 1. The minimum atomic E-state index is 0.0990. The molecule has 0 bridgehead atoms. The average Bonchev–Trinajstić information content (AvgIpc) is 2.86. The quantitative estimate of drug-likeness (QED) is 0.881. The Morgan fingerprint density at radius 2 is 2.25 bits per heavy atom. The molecule has 0 fully saturated rings. The van der Waals surface area contributed by atoms with E-state index in [0.29, 0.717) is 40.5 Å². The van der Waals surface area contributed by atoms with E-state index in [9.17, 15) is 0 Å². The predicted octanol–water partition coefficient (Wildman–Crippen LogP) is 2.22. The van der Waals surface area contributed by atoms with Crippen LogP contribution in [0.1, 0.15) is 5.89 Å². The van der Waals surface area contributed by atoms with Crippen LogP contribution in [-0.2, 0) is 11.2 Å². The van der Waals surface area contributed by atoms with Crippen molar-refractivity contribution >= 4 is 23.2 Å². The zero-order valence-corrected chi connectivity index (χ0v) is 12.6. The molecule has 20 heavy (non-hydrogen) atoms. The number of likely N-dealkylation sites (N-methyl/N-ethyl adjacent to an activating group) is 1. The first-order chi connectivity index (χ1) is 9.63. The summed E-state index contributed by atoms with van der Waals surface area (Å²) in [4.78, 5) is 8.39. The van der Waals surface area contributed by atoms with Crippen molar-refractivity contribution < 1.29 is 9.26 Å². The number of rotatable bonds is 6. The monoisotopic (exact) mass is 316 g/mol. The molecule has 0 aromatic carbocycles. The van der Waals surface area contributed by atoms with Crippen molar-refractivity contribution in [2.45, 2.75) is 12.5 Å². The third-order valence-electron chi connectivity index (χ3n) is 2.68. The Hall–Kier alpha value is -1.21. The summed E-state index contributed by atoms with van der Waals surface area (Å²) >= 11 is 11.9. The number of nitrogens with zero attached hydrogens (tertiary/aromatic N) is 3. The number of nitrogens with one attached hydrogen (secondary N) is 1. The molecule has 0 amide bonds. The zero-order valence-electron chi connectivity index (χ0n) is 11.1. The SMILES string of the molecule is CNC(COC)Cc1nc(-c2ncc(Cl)cc2Cl)no1. The molecule has 1 N–H and O–H groups in total. The summed E-state index contributed by atoms with van der Waals surface area (Å²) in [5.74, 6) is 0.832. The van der Waals surface area contributed by atoms with Crippen molar-refractivity contribution in [1.82, 2.24) is 20.4 Å². The largest absolute Gasteiger partial charge is 0.383 e. The van der Waals surface area contributed by atoms with Crippen molar-refractivity contribution in [3.05, 3.63) is 28.2 Å². The third-order valence-corrected chi connectivity index (χ3v) is 3.18. The van der Waals surface area contributed by atoms with Gasteiger partial charge in [-0.05, 0) is 13.1 Å². The van der Waals surface area contributed by atoms with Crippen molar-refractivity contribution in [3.8, 4) is 11.5 Å². The Morgan fingerprint density at radius 3 is 2.90 bits per heavy atom. The number of halogens is 2. The smallest absolute Gasteiger partial charge is 0.228 e. The second-order valence-electron chi connectivity index (χ2n) is 4.14. The van der Waals surface area contributed by atoms with E-state index in [4.69, 9.17) is 32.5 Å². The molecule has 2 aromatic rings. The molecule has 0 radical (unpaired) electrons. The normalized spacial score (nSPS) is 12.6. The van der Waals surface area contributed by atoms with Gasteiger partial charge in [-0.25, -0.2) is 4.98 Å². The molecule has 6 nitrogen and oxygen atoms in total. The Bertz CT molecular complexity index is 576. The van der Waals surface area contributed by atoms with Crippen molar-refractivity contribution in [2.75, 3.05) is 20.8 Å². The number of pyridine rings is 1. The Kier molecular flexibility index (Phi) is 5.31. The summed E-state index contributed by atoms with van der Waals surface area (Å²) < 4.78 is 10.3. The van der Waals surface area contributed by atoms with Gasteiger partial charge in [0, 0.05) is 25.8 Å². The fraction of sp³-hybridized carbons (Fsp3) is 0.417. The second-order valence-corrected chi connectivity index (χ2v) is 4.98. The van der Waals surface area contributed by atoms with E-state index in [2.05, 4.69) is 20.4 Å². The number of hydrogen-bond acceptors (Lipinski definition) is 6. The summed E-state index contributed by atoms with van der Waals surface area (Å²) in [5, 5.41) is 7.82. The van der Waals surface area contributed by atoms with Crippen LogP contribution >= 0.6 is 23.2 Å². The summed E-state index contributed by atoms with van der Waals surface area (Å²) in [6, 6.07) is 1.69. The molecule has 2 heterocycles. The van der Waals surface area contributed by atoms with Gasteiger partial charge in [0.15, 0.2) is 0 Å². The molecule has 2 aromatic heterocycles. The van der Waals surface area contributed by atoms with Crippen LogP contribution in [0.5, 0.6) is 0 Å². The van der Waals surface area contributed by atoms with Gasteiger partial charge in [-0.1, -0.05) is 28.4 Å². The van der Waals surface area contributed by atoms with Crippen LogP contribution in [-0.4, -0.2) is 41.9 Å². The van der Waals surface area contributed by atoms with E-state index in [1.807, 2.05) is 7.05 Å². The van der Waals surface area contributed by atoms with Crippen molar-refractivity contribution in [1.29, 1.82) is 0 Å². The molecular weight excluding hydrogens is 303 g/mol. The molecule has 0 aliphatic heterocycles. The lowest BCUT2D eigenvalue weighted by Crippen LogP contribution is -2.32. The predicted molar refractivity (Wildman–Crippen MR) is 76.0 cm³/mol. The number of methoxy groups -OCH3 is 1. The van der Waals surface area contributed by atoms with Gasteiger partial charge in [-0.3, -0.25) is 0 Å². The van der Waals surface area contributed by atoms with Crippen LogP contribution in [0, 0.1) is 0 Å². The van der Waals surface area contributed by atoms with E-state index < -0.39 is 0 Å². The van der Waals surface area contributed by atoms with E-state index in [1.54, 1.807) is 13.2 Å². The standard InChI is InChI=1S/C12H14Cl2N4O2/c1-15-8(6-19-2)4-10-17-12(18-20-10)11-9(14)3-7(13)5-16-11/h3,5,8,15H,4,6H2,1-2H3. The van der Waals surface area contributed by atoms with Crippen LogP contribution in [0.15, 0.2) is 16.8 Å². The minimum Gasteiger partial charge on any atom is -0.383 e. The van der Waals surface area contributed by atoms with E-state index in [1.165, 1.54) is 6.20 Å². The van der Waals surface area contributed by atoms with Crippen LogP contribution in [0.25, 0.3) is 11.5 Å².